The maximum atomic E-state index is 5.71. The fourth-order valence-electron chi connectivity index (χ4n) is 3.11. The summed E-state index contributed by atoms with van der Waals surface area (Å²) in [7, 11) is 0. The summed E-state index contributed by atoms with van der Waals surface area (Å²) in [6, 6.07) is 0. The lowest BCUT2D eigenvalue weighted by molar-refractivity contribution is 0.0168. The molecule has 1 atom stereocenters. The number of hydrogen-bond donors (Lipinski definition) is 2. The van der Waals surface area contributed by atoms with Crippen molar-refractivity contribution in [3.63, 3.8) is 0 Å². The van der Waals surface area contributed by atoms with Crippen molar-refractivity contribution in [2.75, 3.05) is 58.9 Å². The highest BCUT2D eigenvalue weighted by molar-refractivity contribution is 14.0. The summed E-state index contributed by atoms with van der Waals surface area (Å²) in [5.74, 6) is 0.904. The molecule has 0 radical (unpaired) electrons. The zero-order valence-electron chi connectivity index (χ0n) is 16.3. The van der Waals surface area contributed by atoms with E-state index in [1.54, 1.807) is 0 Å². The van der Waals surface area contributed by atoms with E-state index >= 15 is 0 Å². The highest BCUT2D eigenvalue weighted by Crippen LogP contribution is 2.33. The zero-order chi connectivity index (χ0) is 17.8. The Morgan fingerprint density at radius 2 is 2.08 bits per heavy atom. The number of guanidine groups is 1. The van der Waals surface area contributed by atoms with E-state index in [-0.39, 0.29) is 28.7 Å². The smallest absolute Gasteiger partial charge is 0.191 e. The zero-order valence-corrected chi connectivity index (χ0v) is 19.4. The second-order valence-corrected chi connectivity index (χ2v) is 7.96. The van der Waals surface area contributed by atoms with E-state index in [9.17, 15) is 0 Å². The molecule has 0 aromatic heterocycles. The molecule has 26 heavy (non-hydrogen) atoms. The van der Waals surface area contributed by atoms with Crippen LogP contribution < -0.4 is 10.6 Å². The van der Waals surface area contributed by atoms with Crippen molar-refractivity contribution in [2.24, 2.45) is 4.99 Å². The van der Waals surface area contributed by atoms with Gasteiger partial charge in [0.15, 0.2) is 5.96 Å². The number of rotatable bonds is 10. The molecular weight excluding hydrogens is 465 g/mol. The lowest BCUT2D eigenvalue weighted by Gasteiger charge is -2.34. The molecule has 2 aliphatic heterocycles. The lowest BCUT2D eigenvalue weighted by Crippen LogP contribution is -2.41. The number of aliphatic imine (C=N–C) groups is 1. The van der Waals surface area contributed by atoms with Gasteiger partial charge in [0.1, 0.15) is 0 Å². The lowest BCUT2D eigenvalue weighted by atomic mass is 9.99. The average Bonchev–Trinajstić information content (AvgIpc) is 3.16. The Kier molecular flexibility index (Phi) is 13.3. The second kappa shape index (κ2) is 14.3. The van der Waals surface area contributed by atoms with Crippen LogP contribution in [0.2, 0.25) is 0 Å². The largest absolute Gasteiger partial charge is 0.381 e. The number of nitrogens with one attached hydrogen (secondary N) is 2. The Balaban J connectivity index is 0.00000338. The van der Waals surface area contributed by atoms with Gasteiger partial charge in [0, 0.05) is 44.3 Å². The van der Waals surface area contributed by atoms with Gasteiger partial charge in [-0.05, 0) is 45.3 Å². The Bertz CT molecular complexity index is 390. The monoisotopic (exact) mass is 501 g/mol. The van der Waals surface area contributed by atoms with Crippen molar-refractivity contribution in [2.45, 2.75) is 49.9 Å². The van der Waals surface area contributed by atoms with Gasteiger partial charge in [-0.15, -0.1) is 24.0 Å². The van der Waals surface area contributed by atoms with Crippen molar-refractivity contribution in [1.29, 1.82) is 0 Å². The molecule has 2 saturated heterocycles. The normalized spacial score (nSPS) is 22.7. The van der Waals surface area contributed by atoms with Gasteiger partial charge in [-0.2, -0.15) is 11.8 Å². The third-order valence-corrected chi connectivity index (χ3v) is 6.20. The van der Waals surface area contributed by atoms with Gasteiger partial charge >= 0.3 is 0 Å². The minimum Gasteiger partial charge on any atom is -0.381 e. The molecule has 2 fully saturated rings. The fraction of sp³-hybridized carbons (Fsp3) is 0.944. The summed E-state index contributed by atoms with van der Waals surface area (Å²) in [4.78, 5) is 4.82. The van der Waals surface area contributed by atoms with Crippen molar-refractivity contribution in [1.82, 2.24) is 10.6 Å². The summed E-state index contributed by atoms with van der Waals surface area (Å²) in [5, 5.41) is 6.75. The standard InChI is InChI=1S/C18H35N3O3S.HI/c1-3-19-17(21-15-18(25-2)7-12-22-13-8-18)20-9-5-10-23-14-16-6-4-11-24-16;/h16H,3-15H2,1-2H3,(H2,19,20,21);1H. The maximum Gasteiger partial charge on any atom is 0.191 e. The SMILES string of the molecule is CCNC(=NCC1(SC)CCOCC1)NCCCOCC1CCCO1.I. The van der Waals surface area contributed by atoms with Crippen LogP contribution in [0.25, 0.3) is 0 Å². The van der Waals surface area contributed by atoms with Crippen molar-refractivity contribution in [3.05, 3.63) is 0 Å². The molecule has 0 aliphatic carbocycles. The van der Waals surface area contributed by atoms with Gasteiger partial charge < -0.3 is 24.8 Å². The van der Waals surface area contributed by atoms with Gasteiger partial charge in [-0.1, -0.05) is 0 Å². The Morgan fingerprint density at radius 3 is 2.73 bits per heavy atom. The number of halogens is 1. The van der Waals surface area contributed by atoms with Gasteiger partial charge in [-0.25, -0.2) is 0 Å². The third kappa shape index (κ3) is 8.95. The van der Waals surface area contributed by atoms with Crippen LogP contribution in [0.15, 0.2) is 4.99 Å². The minimum atomic E-state index is 0. The van der Waals surface area contributed by atoms with Gasteiger partial charge in [0.05, 0.1) is 19.3 Å². The van der Waals surface area contributed by atoms with Crippen LogP contribution in [0.5, 0.6) is 0 Å². The van der Waals surface area contributed by atoms with Crippen molar-refractivity contribution >= 4 is 41.7 Å². The highest BCUT2D eigenvalue weighted by Gasteiger charge is 2.31. The molecule has 6 nitrogen and oxygen atoms in total. The van der Waals surface area contributed by atoms with Crippen molar-refractivity contribution in [3.8, 4) is 0 Å². The van der Waals surface area contributed by atoms with E-state index in [2.05, 4.69) is 23.8 Å². The van der Waals surface area contributed by atoms with E-state index in [0.29, 0.717) is 6.10 Å². The number of ether oxygens (including phenoxy) is 3. The molecule has 2 N–H and O–H groups in total. The molecule has 0 spiro atoms. The van der Waals surface area contributed by atoms with E-state index in [4.69, 9.17) is 19.2 Å². The maximum absolute atomic E-state index is 5.71. The molecule has 0 aromatic rings. The molecule has 0 aromatic carbocycles. The minimum absolute atomic E-state index is 0. The summed E-state index contributed by atoms with van der Waals surface area (Å²) >= 11 is 1.93. The van der Waals surface area contributed by atoms with E-state index in [1.165, 1.54) is 6.42 Å². The summed E-state index contributed by atoms with van der Waals surface area (Å²) in [6.45, 7) is 8.75. The van der Waals surface area contributed by atoms with Gasteiger partial charge in [-0.3, -0.25) is 4.99 Å². The van der Waals surface area contributed by atoms with E-state index < -0.39 is 0 Å². The second-order valence-electron chi connectivity index (χ2n) is 6.68. The number of hydrogen-bond acceptors (Lipinski definition) is 5. The van der Waals surface area contributed by atoms with Crippen LogP contribution in [-0.2, 0) is 14.2 Å². The van der Waals surface area contributed by atoms with Crippen LogP contribution in [0, 0.1) is 0 Å². The topological polar surface area (TPSA) is 64.1 Å². The van der Waals surface area contributed by atoms with Crippen LogP contribution >= 0.6 is 35.7 Å². The first-order valence-corrected chi connectivity index (χ1v) is 10.8. The summed E-state index contributed by atoms with van der Waals surface area (Å²) in [6.07, 6.45) is 7.93. The molecule has 2 rings (SSSR count). The Hall–Kier alpha value is 0.230. The molecule has 2 aliphatic rings. The fourth-order valence-corrected chi connectivity index (χ4v) is 3.88. The molecule has 0 saturated carbocycles. The molecule has 1 unspecified atom stereocenters. The van der Waals surface area contributed by atoms with Crippen molar-refractivity contribution < 1.29 is 14.2 Å². The quantitative estimate of drug-likeness (QED) is 0.208. The van der Waals surface area contributed by atoms with Gasteiger partial charge in [0.2, 0.25) is 0 Å². The predicted molar refractivity (Wildman–Crippen MR) is 120 cm³/mol. The first kappa shape index (κ1) is 24.3. The predicted octanol–water partition coefficient (Wildman–Crippen LogP) is 2.66. The van der Waals surface area contributed by atoms with Crippen LogP contribution in [-0.4, -0.2) is 75.7 Å². The molecule has 2 heterocycles. The molecule has 154 valence electrons. The molecule has 8 heteroatoms. The van der Waals surface area contributed by atoms with Crippen LogP contribution in [0.4, 0.5) is 0 Å². The number of thioether (sulfide) groups is 1. The molecule has 0 bridgehead atoms. The average molecular weight is 501 g/mol. The molecule has 0 amide bonds. The first-order valence-electron chi connectivity index (χ1n) is 9.62. The Morgan fingerprint density at radius 1 is 1.27 bits per heavy atom. The summed E-state index contributed by atoms with van der Waals surface area (Å²) < 4.78 is 17.0. The van der Waals surface area contributed by atoms with Gasteiger partial charge in [0.25, 0.3) is 0 Å². The molecular formula is C18H36IN3O3S. The highest BCUT2D eigenvalue weighted by atomic mass is 127. The first-order chi connectivity index (χ1) is 12.3. The van der Waals surface area contributed by atoms with Crippen LogP contribution in [0.3, 0.4) is 0 Å². The summed E-state index contributed by atoms with van der Waals surface area (Å²) in [5.41, 5.74) is 0. The van der Waals surface area contributed by atoms with E-state index in [1.807, 2.05) is 11.8 Å². The number of nitrogens with zero attached hydrogens (tertiary/aromatic N) is 1. The van der Waals surface area contributed by atoms with Crippen LogP contribution in [0.1, 0.15) is 39.0 Å². The van der Waals surface area contributed by atoms with E-state index in [0.717, 1.165) is 84.3 Å². The third-order valence-electron chi connectivity index (χ3n) is 4.79. The Labute approximate surface area is 180 Å².